The van der Waals surface area contributed by atoms with E-state index >= 15 is 0 Å². The first-order valence-corrected chi connectivity index (χ1v) is 6.06. The van der Waals surface area contributed by atoms with E-state index in [1.165, 1.54) is 24.3 Å². The van der Waals surface area contributed by atoms with Crippen molar-refractivity contribution in [3.05, 3.63) is 35.4 Å². The average molecular weight is 278 g/mol. The highest BCUT2D eigenvalue weighted by Crippen LogP contribution is 2.20. The van der Waals surface area contributed by atoms with E-state index in [0.29, 0.717) is 0 Å². The van der Waals surface area contributed by atoms with E-state index in [2.05, 4.69) is 5.32 Å². The highest BCUT2D eigenvalue weighted by Gasteiger charge is 2.32. The van der Waals surface area contributed by atoms with Gasteiger partial charge in [0.1, 0.15) is 6.04 Å². The summed E-state index contributed by atoms with van der Waals surface area (Å²) in [6, 6.07) is 4.79. The summed E-state index contributed by atoms with van der Waals surface area (Å²) in [5.41, 5.74) is 4.89. The van der Waals surface area contributed by atoms with Gasteiger partial charge in [0.15, 0.2) is 0 Å². The summed E-state index contributed by atoms with van der Waals surface area (Å²) in [6.07, 6.45) is 0. The van der Waals surface area contributed by atoms with Crippen LogP contribution in [0.15, 0.2) is 24.3 Å². The third-order valence-electron chi connectivity index (χ3n) is 2.80. The molecular weight excluding hydrogens is 260 g/mol. The maximum atomic E-state index is 12.1. The summed E-state index contributed by atoms with van der Waals surface area (Å²) in [7, 11) is 0. The van der Waals surface area contributed by atoms with Crippen LogP contribution in [0.3, 0.4) is 0 Å². The van der Waals surface area contributed by atoms with E-state index in [1.54, 1.807) is 20.8 Å². The van der Waals surface area contributed by atoms with Gasteiger partial charge < -0.3 is 16.2 Å². The Morgan fingerprint density at radius 3 is 2.20 bits per heavy atom. The lowest BCUT2D eigenvalue weighted by atomic mass is 9.86. The molecule has 108 valence electrons. The Morgan fingerprint density at radius 1 is 1.20 bits per heavy atom. The Labute approximate surface area is 117 Å². The van der Waals surface area contributed by atoms with E-state index in [9.17, 15) is 14.4 Å². The van der Waals surface area contributed by atoms with Crippen molar-refractivity contribution >= 4 is 17.8 Å². The fourth-order valence-corrected chi connectivity index (χ4v) is 1.68. The van der Waals surface area contributed by atoms with Crippen LogP contribution in [-0.2, 0) is 4.79 Å². The third kappa shape index (κ3) is 3.81. The molecule has 0 aliphatic heterocycles. The maximum absolute atomic E-state index is 12.1. The molecule has 0 aliphatic carbocycles. The normalized spacial score (nSPS) is 12.6. The molecule has 4 N–H and O–H groups in total. The number of aliphatic carboxylic acids is 1. The Hall–Kier alpha value is -2.37. The third-order valence-corrected chi connectivity index (χ3v) is 2.80. The predicted octanol–water partition coefficient (Wildman–Crippen LogP) is 1.01. The molecule has 1 atom stereocenters. The molecule has 0 aliphatic rings. The van der Waals surface area contributed by atoms with Crippen molar-refractivity contribution in [3.8, 4) is 0 Å². The molecule has 0 bridgehead atoms. The molecule has 20 heavy (non-hydrogen) atoms. The van der Waals surface area contributed by atoms with Crippen molar-refractivity contribution in [2.75, 3.05) is 0 Å². The lowest BCUT2D eigenvalue weighted by Crippen LogP contribution is -2.49. The van der Waals surface area contributed by atoms with Crippen molar-refractivity contribution in [1.82, 2.24) is 5.32 Å². The van der Waals surface area contributed by atoms with Crippen LogP contribution in [0.2, 0.25) is 0 Å². The molecule has 0 radical (unpaired) electrons. The number of primary amides is 1. The molecule has 6 nitrogen and oxygen atoms in total. The Morgan fingerprint density at radius 2 is 1.75 bits per heavy atom. The average Bonchev–Trinajstić information content (AvgIpc) is 2.33. The first-order valence-electron chi connectivity index (χ1n) is 6.06. The number of carboxylic acids is 1. The summed E-state index contributed by atoms with van der Waals surface area (Å²) in [6.45, 7) is 5.14. The largest absolute Gasteiger partial charge is 0.480 e. The minimum atomic E-state index is -1.11. The van der Waals surface area contributed by atoms with Gasteiger partial charge in [-0.15, -0.1) is 0 Å². The van der Waals surface area contributed by atoms with Gasteiger partial charge in [0.05, 0.1) is 0 Å². The van der Waals surface area contributed by atoms with Crippen molar-refractivity contribution in [1.29, 1.82) is 0 Å². The number of rotatable bonds is 4. The quantitative estimate of drug-likeness (QED) is 0.763. The van der Waals surface area contributed by atoms with Crippen molar-refractivity contribution in [2.45, 2.75) is 26.8 Å². The molecule has 1 aromatic carbocycles. The second kappa shape index (κ2) is 5.73. The summed E-state index contributed by atoms with van der Waals surface area (Å²) in [5.74, 6) is -2.32. The van der Waals surface area contributed by atoms with Gasteiger partial charge >= 0.3 is 5.97 Å². The van der Waals surface area contributed by atoms with Crippen molar-refractivity contribution in [2.24, 2.45) is 11.1 Å². The number of hydrogen-bond donors (Lipinski definition) is 3. The lowest BCUT2D eigenvalue weighted by molar-refractivity contribution is -0.142. The van der Waals surface area contributed by atoms with Crippen LogP contribution in [0, 0.1) is 5.41 Å². The second-order valence-electron chi connectivity index (χ2n) is 5.56. The number of carbonyl (C=O) groups is 3. The zero-order valence-corrected chi connectivity index (χ0v) is 11.6. The van der Waals surface area contributed by atoms with E-state index in [-0.39, 0.29) is 11.1 Å². The number of nitrogens with one attached hydrogen (secondary N) is 1. The van der Waals surface area contributed by atoms with Gasteiger partial charge in [-0.2, -0.15) is 0 Å². The molecule has 1 rings (SSSR count). The van der Waals surface area contributed by atoms with Gasteiger partial charge in [-0.3, -0.25) is 9.59 Å². The maximum Gasteiger partial charge on any atom is 0.326 e. The second-order valence-corrected chi connectivity index (χ2v) is 5.56. The Bertz CT molecular complexity index is 546. The molecule has 0 aromatic heterocycles. The van der Waals surface area contributed by atoms with Gasteiger partial charge in [0.2, 0.25) is 5.91 Å². The highest BCUT2D eigenvalue weighted by atomic mass is 16.4. The molecule has 0 spiro atoms. The summed E-state index contributed by atoms with van der Waals surface area (Å²) in [5, 5.41) is 11.6. The number of carboxylic acid groups (broad SMARTS) is 1. The Balaban J connectivity index is 2.98. The molecule has 1 aromatic rings. The van der Waals surface area contributed by atoms with Crippen LogP contribution < -0.4 is 11.1 Å². The van der Waals surface area contributed by atoms with E-state index < -0.39 is 29.2 Å². The monoisotopic (exact) mass is 278 g/mol. The molecule has 0 fully saturated rings. The fourth-order valence-electron chi connectivity index (χ4n) is 1.68. The summed E-state index contributed by atoms with van der Waals surface area (Å²) >= 11 is 0. The SMILES string of the molecule is CC(C)(C)[C@@H](NC(=O)c1cccc(C(N)=O)c1)C(=O)O. The zero-order chi connectivity index (χ0) is 15.5. The van der Waals surface area contributed by atoms with Gasteiger partial charge in [-0.05, 0) is 23.6 Å². The molecule has 0 unspecified atom stereocenters. The minimum Gasteiger partial charge on any atom is -0.480 e. The zero-order valence-electron chi connectivity index (χ0n) is 11.6. The van der Waals surface area contributed by atoms with Crippen LogP contribution in [0.4, 0.5) is 0 Å². The van der Waals surface area contributed by atoms with E-state index in [1.807, 2.05) is 0 Å². The van der Waals surface area contributed by atoms with Crippen LogP contribution >= 0.6 is 0 Å². The predicted molar refractivity (Wildman–Crippen MR) is 73.3 cm³/mol. The fraction of sp³-hybridized carbons (Fsp3) is 0.357. The van der Waals surface area contributed by atoms with Gasteiger partial charge in [0, 0.05) is 11.1 Å². The standard InChI is InChI=1S/C14H18N2O4/c1-14(2,3)10(13(19)20)16-12(18)9-6-4-5-8(7-9)11(15)17/h4-7,10H,1-3H3,(H2,15,17)(H,16,18)(H,19,20)/t10-/m0/s1. The molecule has 2 amide bonds. The minimum absolute atomic E-state index is 0.191. The van der Waals surface area contributed by atoms with Crippen molar-refractivity contribution < 1.29 is 19.5 Å². The number of carbonyl (C=O) groups excluding carboxylic acids is 2. The van der Waals surface area contributed by atoms with E-state index in [0.717, 1.165) is 0 Å². The lowest BCUT2D eigenvalue weighted by Gasteiger charge is -2.27. The first-order chi connectivity index (χ1) is 9.12. The summed E-state index contributed by atoms with van der Waals surface area (Å²) < 4.78 is 0. The topological polar surface area (TPSA) is 109 Å². The van der Waals surface area contributed by atoms with Crippen molar-refractivity contribution in [3.63, 3.8) is 0 Å². The van der Waals surface area contributed by atoms with Gasteiger partial charge in [-0.1, -0.05) is 26.8 Å². The van der Waals surface area contributed by atoms with Crippen LogP contribution in [0.25, 0.3) is 0 Å². The van der Waals surface area contributed by atoms with Gasteiger partial charge in [-0.25, -0.2) is 4.79 Å². The highest BCUT2D eigenvalue weighted by molar-refractivity contribution is 6.00. The van der Waals surface area contributed by atoms with Crippen LogP contribution in [-0.4, -0.2) is 28.9 Å². The molecule has 6 heteroatoms. The molecule has 0 saturated carbocycles. The number of nitrogens with two attached hydrogens (primary N) is 1. The number of benzene rings is 1. The first kappa shape index (κ1) is 15.7. The number of amides is 2. The van der Waals surface area contributed by atoms with Gasteiger partial charge in [0.25, 0.3) is 5.91 Å². The summed E-state index contributed by atoms with van der Waals surface area (Å²) in [4.78, 5) is 34.3. The van der Waals surface area contributed by atoms with Crippen LogP contribution in [0.5, 0.6) is 0 Å². The van der Waals surface area contributed by atoms with Crippen LogP contribution in [0.1, 0.15) is 41.5 Å². The molecule has 0 saturated heterocycles. The van der Waals surface area contributed by atoms with E-state index in [4.69, 9.17) is 10.8 Å². The molecular formula is C14H18N2O4. The number of hydrogen-bond acceptors (Lipinski definition) is 3. The molecule has 0 heterocycles. The smallest absolute Gasteiger partial charge is 0.326 e. The Kier molecular flexibility index (Phi) is 4.49.